The monoisotopic (exact) mass is 219 g/mol. The van der Waals surface area contributed by atoms with E-state index in [0.29, 0.717) is 4.68 Å². The van der Waals surface area contributed by atoms with E-state index in [1.165, 1.54) is 0 Å². The lowest BCUT2D eigenvalue weighted by Gasteiger charge is -1.99. The fourth-order valence-corrected chi connectivity index (χ4v) is 1.17. The van der Waals surface area contributed by atoms with Crippen LogP contribution in [-0.4, -0.2) is 26.0 Å². The van der Waals surface area contributed by atoms with E-state index in [1.54, 1.807) is 12.1 Å². The molecule has 0 saturated carbocycles. The molecular weight excluding hydrogens is 210 g/mol. The summed E-state index contributed by atoms with van der Waals surface area (Å²) in [5.74, 6) is -0.0305. The molecule has 7 heteroatoms. The highest BCUT2D eigenvalue weighted by Crippen LogP contribution is 2.13. The maximum atomic E-state index is 10.6. The third-order valence-electron chi connectivity index (χ3n) is 1.84. The van der Waals surface area contributed by atoms with Crippen LogP contribution in [0.5, 0.6) is 0 Å². The quantitative estimate of drug-likeness (QED) is 0.699. The molecule has 2 rings (SSSR count). The summed E-state index contributed by atoms with van der Waals surface area (Å²) < 4.78 is 0.602. The van der Waals surface area contributed by atoms with Crippen LogP contribution in [0.4, 0.5) is 22.4 Å². The summed E-state index contributed by atoms with van der Waals surface area (Å²) in [6.07, 6.45) is -1.27. The molecule has 2 aromatic rings. The molecular formula is C9H9N5O2. The first-order valence-corrected chi connectivity index (χ1v) is 4.45. The van der Waals surface area contributed by atoms with Crippen molar-refractivity contribution in [2.45, 2.75) is 0 Å². The van der Waals surface area contributed by atoms with Gasteiger partial charge in [0.15, 0.2) is 0 Å². The van der Waals surface area contributed by atoms with Crippen molar-refractivity contribution in [2.24, 2.45) is 0 Å². The number of nitrogen functional groups attached to an aromatic ring is 1. The van der Waals surface area contributed by atoms with Crippen molar-refractivity contribution < 1.29 is 9.90 Å². The minimum absolute atomic E-state index is 0.145. The first kappa shape index (κ1) is 9.97. The van der Waals surface area contributed by atoms with Gasteiger partial charge in [0, 0.05) is 5.69 Å². The van der Waals surface area contributed by atoms with Gasteiger partial charge in [-0.1, -0.05) is 18.2 Å². The second kappa shape index (κ2) is 3.89. The highest BCUT2D eigenvalue weighted by molar-refractivity contribution is 5.71. The summed E-state index contributed by atoms with van der Waals surface area (Å²) in [6.45, 7) is 0. The van der Waals surface area contributed by atoms with Gasteiger partial charge >= 0.3 is 6.09 Å². The third-order valence-corrected chi connectivity index (χ3v) is 1.84. The molecule has 0 bridgehead atoms. The lowest BCUT2D eigenvalue weighted by molar-refractivity contribution is 0.193. The van der Waals surface area contributed by atoms with E-state index >= 15 is 0 Å². The number of hydrogen-bond donors (Lipinski definition) is 3. The fourth-order valence-electron chi connectivity index (χ4n) is 1.17. The van der Waals surface area contributed by atoms with Crippen molar-refractivity contribution in [3.63, 3.8) is 0 Å². The summed E-state index contributed by atoms with van der Waals surface area (Å²) in [5, 5.41) is 15.2. The van der Waals surface area contributed by atoms with Gasteiger partial charge in [0.05, 0.1) is 0 Å². The summed E-state index contributed by atoms with van der Waals surface area (Å²) in [5.41, 5.74) is 6.12. The number of rotatable bonds is 2. The van der Waals surface area contributed by atoms with Crippen LogP contribution in [0.2, 0.25) is 0 Å². The molecule has 1 aromatic carbocycles. The van der Waals surface area contributed by atoms with Crippen LogP contribution in [0, 0.1) is 0 Å². The van der Waals surface area contributed by atoms with E-state index < -0.39 is 6.09 Å². The van der Waals surface area contributed by atoms with Crippen molar-refractivity contribution in [1.82, 2.24) is 14.8 Å². The maximum absolute atomic E-state index is 10.6. The zero-order chi connectivity index (χ0) is 11.5. The minimum atomic E-state index is -1.27. The van der Waals surface area contributed by atoms with Gasteiger partial charge in [-0.05, 0) is 12.1 Å². The Bertz CT molecular complexity index is 508. The molecule has 0 amide bonds. The van der Waals surface area contributed by atoms with Crippen molar-refractivity contribution >= 4 is 23.7 Å². The highest BCUT2D eigenvalue weighted by Gasteiger charge is 2.11. The Labute approximate surface area is 90.5 Å². The zero-order valence-corrected chi connectivity index (χ0v) is 8.16. The lowest BCUT2D eigenvalue weighted by Crippen LogP contribution is -2.13. The van der Waals surface area contributed by atoms with Gasteiger partial charge in [0.25, 0.3) is 0 Å². The normalized spacial score (nSPS) is 10.0. The molecule has 1 heterocycles. The number of nitrogens with two attached hydrogens (primary N) is 1. The largest absolute Gasteiger partial charge is 0.463 e. The Hall–Kier alpha value is -2.57. The molecule has 1 aromatic heterocycles. The maximum Gasteiger partial charge on any atom is 0.435 e. The highest BCUT2D eigenvalue weighted by atomic mass is 16.4. The molecule has 0 unspecified atom stereocenters. The van der Waals surface area contributed by atoms with Gasteiger partial charge in [-0.2, -0.15) is 4.98 Å². The molecule has 7 nitrogen and oxygen atoms in total. The number of anilines is 3. The lowest BCUT2D eigenvalue weighted by atomic mass is 10.3. The fraction of sp³-hybridized carbons (Fsp3) is 0. The molecule has 0 aliphatic rings. The number of hydrogen-bond acceptors (Lipinski definition) is 5. The number of benzene rings is 1. The van der Waals surface area contributed by atoms with Crippen LogP contribution in [0.25, 0.3) is 0 Å². The third kappa shape index (κ3) is 1.92. The van der Waals surface area contributed by atoms with Crippen LogP contribution >= 0.6 is 0 Å². The second-order valence-corrected chi connectivity index (χ2v) is 2.98. The van der Waals surface area contributed by atoms with E-state index in [0.717, 1.165) is 5.69 Å². The van der Waals surface area contributed by atoms with E-state index in [9.17, 15) is 4.79 Å². The van der Waals surface area contributed by atoms with Crippen LogP contribution < -0.4 is 11.1 Å². The van der Waals surface area contributed by atoms with E-state index in [-0.39, 0.29) is 11.9 Å². The molecule has 0 aliphatic heterocycles. The smallest absolute Gasteiger partial charge is 0.435 e. The number of carboxylic acid groups (broad SMARTS) is 1. The molecule has 0 saturated heterocycles. The van der Waals surface area contributed by atoms with E-state index in [2.05, 4.69) is 15.4 Å². The number of aromatic nitrogens is 3. The number of para-hydroxylation sites is 1. The average Bonchev–Trinajstić information content (AvgIpc) is 2.61. The summed E-state index contributed by atoms with van der Waals surface area (Å²) >= 11 is 0. The summed E-state index contributed by atoms with van der Waals surface area (Å²) in [6, 6.07) is 9.14. The van der Waals surface area contributed by atoms with E-state index in [1.807, 2.05) is 18.2 Å². The molecule has 0 atom stereocenters. The van der Waals surface area contributed by atoms with Crippen LogP contribution in [0.15, 0.2) is 30.3 Å². The van der Waals surface area contributed by atoms with Gasteiger partial charge in [-0.25, -0.2) is 4.79 Å². The Morgan fingerprint density at radius 3 is 2.62 bits per heavy atom. The van der Waals surface area contributed by atoms with Crippen LogP contribution in [0.3, 0.4) is 0 Å². The first-order chi connectivity index (χ1) is 7.66. The molecule has 0 fully saturated rings. The van der Waals surface area contributed by atoms with Gasteiger partial charge in [0.1, 0.15) is 0 Å². The van der Waals surface area contributed by atoms with Crippen LogP contribution in [-0.2, 0) is 0 Å². The number of nitrogens with zero attached hydrogens (tertiary/aromatic N) is 3. The van der Waals surface area contributed by atoms with Crippen molar-refractivity contribution in [3.05, 3.63) is 30.3 Å². The molecule has 82 valence electrons. The molecule has 0 spiro atoms. The Morgan fingerprint density at radius 2 is 2.06 bits per heavy atom. The SMILES string of the molecule is Nc1nc(Nc2ccccc2)nn1C(=O)O. The van der Waals surface area contributed by atoms with Gasteiger partial charge in [-0.15, -0.1) is 9.78 Å². The molecule has 16 heavy (non-hydrogen) atoms. The summed E-state index contributed by atoms with van der Waals surface area (Å²) in [7, 11) is 0. The Morgan fingerprint density at radius 1 is 1.38 bits per heavy atom. The van der Waals surface area contributed by atoms with Crippen LogP contribution in [0.1, 0.15) is 0 Å². The minimum Gasteiger partial charge on any atom is -0.463 e. The number of nitrogens with one attached hydrogen (secondary N) is 1. The first-order valence-electron chi connectivity index (χ1n) is 4.45. The van der Waals surface area contributed by atoms with Crippen molar-refractivity contribution in [3.8, 4) is 0 Å². The van der Waals surface area contributed by atoms with Gasteiger partial charge < -0.3 is 16.2 Å². The zero-order valence-electron chi connectivity index (χ0n) is 8.16. The second-order valence-electron chi connectivity index (χ2n) is 2.98. The predicted octanol–water partition coefficient (Wildman–Crippen LogP) is 1.13. The number of carbonyl (C=O) groups is 1. The molecule has 4 N–H and O–H groups in total. The average molecular weight is 219 g/mol. The van der Waals surface area contributed by atoms with Crippen molar-refractivity contribution in [2.75, 3.05) is 11.1 Å². The van der Waals surface area contributed by atoms with Gasteiger partial charge in [-0.3, -0.25) is 0 Å². The summed E-state index contributed by atoms with van der Waals surface area (Å²) in [4.78, 5) is 14.4. The Balaban J connectivity index is 2.23. The Kier molecular flexibility index (Phi) is 2.42. The molecule has 0 radical (unpaired) electrons. The van der Waals surface area contributed by atoms with Crippen molar-refractivity contribution in [1.29, 1.82) is 0 Å². The topological polar surface area (TPSA) is 106 Å². The predicted molar refractivity (Wildman–Crippen MR) is 57.6 cm³/mol. The van der Waals surface area contributed by atoms with Gasteiger partial charge in [0.2, 0.25) is 11.9 Å². The molecule has 0 aliphatic carbocycles. The standard InChI is InChI=1S/C9H9N5O2/c10-7-12-8(13-14(7)9(15)16)11-6-4-2-1-3-5-6/h1-5H,(H,15,16)(H3,10,11,12,13). The van der Waals surface area contributed by atoms with E-state index in [4.69, 9.17) is 10.8 Å².